The summed E-state index contributed by atoms with van der Waals surface area (Å²) in [7, 11) is 0. The van der Waals surface area contributed by atoms with E-state index >= 15 is 0 Å². The SMILES string of the molecule is CC.CCC(C)C(=O)CC1(CC)CCC(C(=O)O)CC1. The maximum Gasteiger partial charge on any atom is 0.306 e. The molecule has 1 aliphatic rings. The molecule has 1 fully saturated rings. The number of aliphatic carboxylic acids is 1. The van der Waals surface area contributed by atoms with Crippen molar-refractivity contribution in [2.24, 2.45) is 17.3 Å². The van der Waals surface area contributed by atoms with Gasteiger partial charge >= 0.3 is 5.97 Å². The van der Waals surface area contributed by atoms with Gasteiger partial charge in [0, 0.05) is 12.3 Å². The molecule has 0 heterocycles. The predicted molar refractivity (Wildman–Crippen MR) is 82.7 cm³/mol. The molecule has 0 aliphatic heterocycles. The highest BCUT2D eigenvalue weighted by molar-refractivity contribution is 5.81. The lowest BCUT2D eigenvalue weighted by Crippen LogP contribution is -2.33. The van der Waals surface area contributed by atoms with E-state index in [1.807, 2.05) is 27.7 Å². The molecule has 0 radical (unpaired) electrons. The fraction of sp³-hybridized carbons (Fsp3) is 0.882. The number of rotatable bonds is 6. The van der Waals surface area contributed by atoms with Gasteiger partial charge in [-0.05, 0) is 37.5 Å². The largest absolute Gasteiger partial charge is 0.481 e. The van der Waals surface area contributed by atoms with E-state index in [4.69, 9.17) is 5.11 Å². The monoisotopic (exact) mass is 284 g/mol. The van der Waals surface area contributed by atoms with Crippen molar-refractivity contribution in [3.63, 3.8) is 0 Å². The molecule has 0 bridgehead atoms. The van der Waals surface area contributed by atoms with Gasteiger partial charge in [0.2, 0.25) is 0 Å². The topological polar surface area (TPSA) is 54.4 Å². The lowest BCUT2D eigenvalue weighted by Gasteiger charge is -2.38. The van der Waals surface area contributed by atoms with Gasteiger partial charge in [-0.1, -0.05) is 41.0 Å². The minimum atomic E-state index is -0.673. The molecule has 0 aromatic rings. The van der Waals surface area contributed by atoms with Gasteiger partial charge in [-0.2, -0.15) is 0 Å². The molecular formula is C17H32O3. The first-order valence-corrected chi connectivity index (χ1v) is 8.19. The zero-order valence-corrected chi connectivity index (χ0v) is 13.9. The second kappa shape index (κ2) is 9.15. The Morgan fingerprint density at radius 1 is 1.20 bits per heavy atom. The molecule has 118 valence electrons. The molecule has 1 N–H and O–H groups in total. The number of carbonyl (C=O) groups excluding carboxylic acids is 1. The van der Waals surface area contributed by atoms with E-state index in [1.54, 1.807) is 0 Å². The summed E-state index contributed by atoms with van der Waals surface area (Å²) < 4.78 is 0. The average molecular weight is 284 g/mol. The Kier molecular flexibility index (Phi) is 8.75. The number of Topliss-reactive ketones (excluding diaryl/α,β-unsaturated/α-hetero) is 1. The van der Waals surface area contributed by atoms with Crippen LogP contribution in [-0.4, -0.2) is 16.9 Å². The van der Waals surface area contributed by atoms with Gasteiger partial charge in [-0.15, -0.1) is 0 Å². The van der Waals surface area contributed by atoms with Gasteiger partial charge in [-0.3, -0.25) is 9.59 Å². The van der Waals surface area contributed by atoms with Gasteiger partial charge in [0.15, 0.2) is 0 Å². The molecule has 1 aliphatic carbocycles. The summed E-state index contributed by atoms with van der Waals surface area (Å²) >= 11 is 0. The third-order valence-electron chi connectivity index (χ3n) is 4.86. The molecule has 0 spiro atoms. The summed E-state index contributed by atoms with van der Waals surface area (Å²) in [5, 5.41) is 9.02. The molecule has 1 atom stereocenters. The Morgan fingerprint density at radius 2 is 1.70 bits per heavy atom. The van der Waals surface area contributed by atoms with Crippen LogP contribution < -0.4 is 0 Å². The fourth-order valence-electron chi connectivity index (χ4n) is 2.90. The van der Waals surface area contributed by atoms with E-state index < -0.39 is 5.97 Å². The molecule has 1 saturated carbocycles. The van der Waals surface area contributed by atoms with E-state index in [2.05, 4.69) is 6.92 Å². The quantitative estimate of drug-likeness (QED) is 0.770. The number of ketones is 1. The lowest BCUT2D eigenvalue weighted by atomic mass is 9.65. The smallest absolute Gasteiger partial charge is 0.306 e. The third kappa shape index (κ3) is 5.26. The van der Waals surface area contributed by atoms with Crippen LogP contribution in [0.3, 0.4) is 0 Å². The highest BCUT2D eigenvalue weighted by Crippen LogP contribution is 2.44. The van der Waals surface area contributed by atoms with Crippen LogP contribution in [0.5, 0.6) is 0 Å². The molecule has 0 aromatic heterocycles. The van der Waals surface area contributed by atoms with Crippen molar-refractivity contribution in [2.45, 2.75) is 79.6 Å². The van der Waals surface area contributed by atoms with E-state index in [0.29, 0.717) is 12.2 Å². The Hall–Kier alpha value is -0.860. The number of carbonyl (C=O) groups is 2. The fourth-order valence-corrected chi connectivity index (χ4v) is 2.90. The summed E-state index contributed by atoms with van der Waals surface area (Å²) in [5.74, 6) is -0.366. The standard InChI is InChI=1S/C15H26O3.C2H6/c1-4-11(3)13(16)10-15(5-2)8-6-12(7-9-15)14(17)18;1-2/h11-12H,4-10H2,1-3H3,(H,17,18);1-2H3. The normalized spacial score (nSPS) is 27.1. The van der Waals surface area contributed by atoms with Crippen molar-refractivity contribution < 1.29 is 14.7 Å². The summed E-state index contributed by atoms with van der Waals surface area (Å²) in [6.45, 7) is 10.2. The Morgan fingerprint density at radius 3 is 2.05 bits per heavy atom. The molecule has 1 unspecified atom stereocenters. The van der Waals surface area contributed by atoms with Crippen LogP contribution in [0.1, 0.15) is 79.6 Å². The molecule has 3 nitrogen and oxygen atoms in total. The number of carboxylic acid groups (broad SMARTS) is 1. The molecule has 20 heavy (non-hydrogen) atoms. The van der Waals surface area contributed by atoms with Gasteiger partial charge in [0.05, 0.1) is 5.92 Å². The Labute approximate surface area is 124 Å². The van der Waals surface area contributed by atoms with Crippen LogP contribution in [0.2, 0.25) is 0 Å². The van der Waals surface area contributed by atoms with Crippen LogP contribution in [0.4, 0.5) is 0 Å². The third-order valence-corrected chi connectivity index (χ3v) is 4.86. The molecular weight excluding hydrogens is 252 g/mol. The Bertz CT molecular complexity index is 301. The van der Waals surface area contributed by atoms with E-state index in [9.17, 15) is 9.59 Å². The molecule has 0 aromatic carbocycles. The summed E-state index contributed by atoms with van der Waals surface area (Å²) in [6, 6.07) is 0. The van der Waals surface area contributed by atoms with Crippen molar-refractivity contribution in [2.75, 3.05) is 0 Å². The first-order chi connectivity index (χ1) is 9.44. The number of hydrogen-bond acceptors (Lipinski definition) is 2. The van der Waals surface area contributed by atoms with Crippen LogP contribution in [-0.2, 0) is 9.59 Å². The van der Waals surface area contributed by atoms with Gasteiger partial charge in [0.1, 0.15) is 5.78 Å². The maximum absolute atomic E-state index is 12.1. The van der Waals surface area contributed by atoms with Gasteiger partial charge in [0.25, 0.3) is 0 Å². The van der Waals surface area contributed by atoms with Crippen LogP contribution in [0.15, 0.2) is 0 Å². The summed E-state index contributed by atoms with van der Waals surface area (Å²) in [6.07, 6.45) is 5.78. The first kappa shape index (κ1) is 19.1. The molecule has 0 amide bonds. The second-order valence-electron chi connectivity index (χ2n) is 5.92. The first-order valence-electron chi connectivity index (χ1n) is 8.19. The lowest BCUT2D eigenvalue weighted by molar-refractivity contribution is -0.143. The van der Waals surface area contributed by atoms with Crippen molar-refractivity contribution in [1.82, 2.24) is 0 Å². The molecule has 1 rings (SSSR count). The van der Waals surface area contributed by atoms with Gasteiger partial charge in [-0.25, -0.2) is 0 Å². The average Bonchev–Trinajstić information content (AvgIpc) is 2.48. The van der Waals surface area contributed by atoms with Crippen molar-refractivity contribution in [3.8, 4) is 0 Å². The number of carboxylic acids is 1. The second-order valence-corrected chi connectivity index (χ2v) is 5.92. The highest BCUT2D eigenvalue weighted by Gasteiger charge is 2.38. The minimum absolute atomic E-state index is 0.0759. The Balaban J connectivity index is 0.00000172. The van der Waals surface area contributed by atoms with Crippen LogP contribution in [0.25, 0.3) is 0 Å². The predicted octanol–water partition coefficient (Wildman–Crippen LogP) is 4.69. The van der Waals surface area contributed by atoms with Crippen LogP contribution in [0, 0.1) is 17.3 Å². The van der Waals surface area contributed by atoms with Crippen molar-refractivity contribution in [3.05, 3.63) is 0 Å². The zero-order valence-electron chi connectivity index (χ0n) is 13.9. The highest BCUT2D eigenvalue weighted by atomic mass is 16.4. The summed E-state index contributed by atoms with van der Waals surface area (Å²) in [5.41, 5.74) is 0.0759. The van der Waals surface area contributed by atoms with Crippen molar-refractivity contribution in [1.29, 1.82) is 0 Å². The number of hydrogen-bond donors (Lipinski definition) is 1. The molecule has 3 heteroatoms. The van der Waals surface area contributed by atoms with E-state index in [1.165, 1.54) is 0 Å². The van der Waals surface area contributed by atoms with Gasteiger partial charge < -0.3 is 5.11 Å². The van der Waals surface area contributed by atoms with Crippen molar-refractivity contribution >= 4 is 11.8 Å². The molecule has 0 saturated heterocycles. The minimum Gasteiger partial charge on any atom is -0.481 e. The maximum atomic E-state index is 12.1. The van der Waals surface area contributed by atoms with E-state index in [-0.39, 0.29) is 17.3 Å². The van der Waals surface area contributed by atoms with Crippen LogP contribution >= 0.6 is 0 Å². The zero-order chi connectivity index (χ0) is 15.8. The van der Waals surface area contributed by atoms with E-state index in [0.717, 1.165) is 38.5 Å². The summed E-state index contributed by atoms with van der Waals surface area (Å²) in [4.78, 5) is 23.1.